The Balaban J connectivity index is 1.59. The fraction of sp³-hybridized carbons (Fsp3) is 0.387. The first-order valence-corrected chi connectivity index (χ1v) is 14.3. The van der Waals surface area contributed by atoms with E-state index in [1.165, 1.54) is 7.11 Å². The molecule has 1 aliphatic rings. The average Bonchev–Trinajstić information content (AvgIpc) is 3.07. The standard InChI is InChI=1S/C31H36BrN3O6/c1-19(33-16-27(36)41-31(2,3)4)15-34-25-18-40-28-23(30(38)39-5)11-8-12-26(28)35(29(25)37)17-20-13-14-24(32)22-10-7-6-9-21(20)22/h6-14,19,25,33-34H,15-18H2,1-5H3/t19-,25-/m0/s1. The summed E-state index contributed by atoms with van der Waals surface area (Å²) in [4.78, 5) is 40.4. The minimum atomic E-state index is -0.708. The molecule has 0 unspecified atom stereocenters. The van der Waals surface area contributed by atoms with Gasteiger partial charge in [0.2, 0.25) is 5.91 Å². The summed E-state index contributed by atoms with van der Waals surface area (Å²) in [5, 5.41) is 8.46. The molecule has 0 aliphatic carbocycles. The number of methoxy groups -OCH3 is 1. The van der Waals surface area contributed by atoms with E-state index in [4.69, 9.17) is 14.2 Å². The van der Waals surface area contributed by atoms with Gasteiger partial charge in [0.25, 0.3) is 0 Å². The van der Waals surface area contributed by atoms with Gasteiger partial charge in [-0.05, 0) is 62.2 Å². The highest BCUT2D eigenvalue weighted by molar-refractivity contribution is 9.10. The van der Waals surface area contributed by atoms with Crippen LogP contribution in [0.2, 0.25) is 0 Å². The number of hydrogen-bond acceptors (Lipinski definition) is 8. The maximum Gasteiger partial charge on any atom is 0.341 e. The van der Waals surface area contributed by atoms with Gasteiger partial charge < -0.3 is 29.7 Å². The molecule has 0 bridgehead atoms. The summed E-state index contributed by atoms with van der Waals surface area (Å²) >= 11 is 3.62. The summed E-state index contributed by atoms with van der Waals surface area (Å²) < 4.78 is 17.4. The zero-order chi connectivity index (χ0) is 29.7. The zero-order valence-corrected chi connectivity index (χ0v) is 25.5. The SMILES string of the molecule is COC(=O)c1cccc2c1OC[C@H](NC[C@H](C)NCC(=O)OC(C)(C)C)C(=O)N2Cc1ccc(Br)c2ccccc12. The van der Waals surface area contributed by atoms with Crippen LogP contribution in [-0.4, -0.2) is 62.3 Å². The van der Waals surface area contributed by atoms with Crippen molar-refractivity contribution in [2.75, 3.05) is 31.7 Å². The van der Waals surface area contributed by atoms with Crippen molar-refractivity contribution in [3.63, 3.8) is 0 Å². The topological polar surface area (TPSA) is 106 Å². The van der Waals surface area contributed by atoms with Gasteiger partial charge in [-0.25, -0.2) is 4.79 Å². The molecular weight excluding hydrogens is 590 g/mol. The van der Waals surface area contributed by atoms with Crippen LogP contribution in [0.1, 0.15) is 43.6 Å². The molecule has 218 valence electrons. The van der Waals surface area contributed by atoms with Crippen molar-refractivity contribution in [3.8, 4) is 5.75 Å². The van der Waals surface area contributed by atoms with Gasteiger partial charge in [0.05, 0.1) is 25.9 Å². The third-order valence-electron chi connectivity index (χ3n) is 6.62. The van der Waals surface area contributed by atoms with Gasteiger partial charge in [-0.2, -0.15) is 0 Å². The predicted molar refractivity (Wildman–Crippen MR) is 161 cm³/mol. The molecule has 4 rings (SSSR count). The average molecular weight is 627 g/mol. The largest absolute Gasteiger partial charge is 0.488 e. The molecule has 9 nitrogen and oxygen atoms in total. The number of carbonyl (C=O) groups is 3. The van der Waals surface area contributed by atoms with E-state index in [1.807, 2.05) is 64.1 Å². The van der Waals surface area contributed by atoms with E-state index in [0.717, 1.165) is 20.8 Å². The third-order valence-corrected chi connectivity index (χ3v) is 7.32. The van der Waals surface area contributed by atoms with Crippen LogP contribution in [0, 0.1) is 0 Å². The lowest BCUT2D eigenvalue weighted by atomic mass is 10.0. The van der Waals surface area contributed by atoms with Crippen LogP contribution in [0.15, 0.2) is 59.1 Å². The molecule has 41 heavy (non-hydrogen) atoms. The molecule has 0 saturated carbocycles. The second-order valence-corrected chi connectivity index (χ2v) is 11.8. The number of amides is 1. The highest BCUT2D eigenvalue weighted by Crippen LogP contribution is 2.37. The van der Waals surface area contributed by atoms with Gasteiger partial charge in [0.1, 0.15) is 23.8 Å². The van der Waals surface area contributed by atoms with E-state index in [-0.39, 0.29) is 43.2 Å². The van der Waals surface area contributed by atoms with Crippen LogP contribution >= 0.6 is 15.9 Å². The van der Waals surface area contributed by atoms with Crippen molar-refractivity contribution in [3.05, 3.63) is 70.2 Å². The summed E-state index contributed by atoms with van der Waals surface area (Å²) in [7, 11) is 1.31. The minimum absolute atomic E-state index is 0.0101. The molecule has 0 aromatic heterocycles. The van der Waals surface area contributed by atoms with E-state index in [1.54, 1.807) is 23.1 Å². The quantitative estimate of drug-likeness (QED) is 0.333. The van der Waals surface area contributed by atoms with E-state index in [0.29, 0.717) is 18.0 Å². The molecule has 0 spiro atoms. The Labute approximate surface area is 248 Å². The fourth-order valence-corrected chi connectivity index (χ4v) is 5.15. The molecule has 2 N–H and O–H groups in total. The summed E-state index contributed by atoms with van der Waals surface area (Å²) in [6, 6.07) is 16.2. The van der Waals surface area contributed by atoms with Crippen LogP contribution in [0.3, 0.4) is 0 Å². The normalized spacial score (nSPS) is 16.0. The molecule has 0 radical (unpaired) electrons. The van der Waals surface area contributed by atoms with Crippen molar-refractivity contribution < 1.29 is 28.6 Å². The summed E-state index contributed by atoms with van der Waals surface area (Å²) in [6.07, 6.45) is 0. The van der Waals surface area contributed by atoms with Crippen molar-refractivity contribution in [1.82, 2.24) is 10.6 Å². The number of esters is 2. The Morgan fingerprint density at radius 1 is 1.10 bits per heavy atom. The van der Waals surface area contributed by atoms with E-state index in [9.17, 15) is 14.4 Å². The molecule has 0 saturated heterocycles. The smallest absolute Gasteiger partial charge is 0.341 e. The van der Waals surface area contributed by atoms with E-state index < -0.39 is 17.6 Å². The zero-order valence-electron chi connectivity index (χ0n) is 24.0. The molecule has 1 aliphatic heterocycles. The maximum atomic E-state index is 14.1. The lowest BCUT2D eigenvalue weighted by Crippen LogP contribution is -2.51. The first kappa shape index (κ1) is 30.5. The number of carbonyl (C=O) groups excluding carboxylic acids is 3. The molecule has 0 fully saturated rings. The number of fused-ring (bicyclic) bond motifs is 2. The highest BCUT2D eigenvalue weighted by Gasteiger charge is 2.34. The molecule has 10 heteroatoms. The number of nitrogens with zero attached hydrogens (tertiary/aromatic N) is 1. The second kappa shape index (κ2) is 13.0. The monoisotopic (exact) mass is 625 g/mol. The molecule has 1 heterocycles. The van der Waals surface area contributed by atoms with Gasteiger partial charge in [-0.1, -0.05) is 52.3 Å². The Bertz CT molecular complexity index is 1440. The van der Waals surface area contributed by atoms with Crippen LogP contribution in [-0.2, 0) is 25.6 Å². The number of anilines is 1. The Morgan fingerprint density at radius 2 is 1.83 bits per heavy atom. The van der Waals surface area contributed by atoms with E-state index >= 15 is 0 Å². The summed E-state index contributed by atoms with van der Waals surface area (Å²) in [6.45, 7) is 8.08. The molecule has 1 amide bonds. The first-order valence-electron chi connectivity index (χ1n) is 13.5. The van der Waals surface area contributed by atoms with E-state index in [2.05, 4.69) is 26.6 Å². The van der Waals surface area contributed by atoms with Crippen LogP contribution < -0.4 is 20.3 Å². The lowest BCUT2D eigenvalue weighted by Gasteiger charge is -2.27. The van der Waals surface area contributed by atoms with Crippen molar-refractivity contribution in [1.29, 1.82) is 0 Å². The molecule has 3 aromatic rings. The number of halogens is 1. The predicted octanol–water partition coefficient (Wildman–Crippen LogP) is 4.59. The summed E-state index contributed by atoms with van der Waals surface area (Å²) in [5.41, 5.74) is 1.12. The van der Waals surface area contributed by atoms with Crippen LogP contribution in [0.5, 0.6) is 5.75 Å². The van der Waals surface area contributed by atoms with Gasteiger partial charge >= 0.3 is 11.9 Å². The van der Waals surface area contributed by atoms with Gasteiger partial charge in [-0.3, -0.25) is 9.59 Å². The molecular formula is C31H36BrN3O6. The van der Waals surface area contributed by atoms with Gasteiger partial charge in [0, 0.05) is 17.1 Å². The number of nitrogens with one attached hydrogen (secondary N) is 2. The maximum absolute atomic E-state index is 14.1. The Kier molecular flexibility index (Phi) is 9.68. The van der Waals surface area contributed by atoms with Crippen LogP contribution in [0.4, 0.5) is 5.69 Å². The number of rotatable bonds is 9. The number of benzene rings is 3. The number of ether oxygens (including phenoxy) is 3. The number of hydrogen-bond donors (Lipinski definition) is 2. The van der Waals surface area contributed by atoms with Crippen molar-refractivity contribution in [2.45, 2.75) is 51.9 Å². The molecule has 3 aromatic carbocycles. The highest BCUT2D eigenvalue weighted by atomic mass is 79.9. The summed E-state index contributed by atoms with van der Waals surface area (Å²) in [5.74, 6) is -0.793. The van der Waals surface area contributed by atoms with Crippen LogP contribution in [0.25, 0.3) is 10.8 Å². The third kappa shape index (κ3) is 7.44. The van der Waals surface area contributed by atoms with Crippen molar-refractivity contribution in [2.24, 2.45) is 0 Å². The first-order chi connectivity index (χ1) is 19.5. The lowest BCUT2D eigenvalue weighted by molar-refractivity contribution is -0.153. The minimum Gasteiger partial charge on any atom is -0.488 e. The van der Waals surface area contributed by atoms with Gasteiger partial charge in [0.15, 0.2) is 5.75 Å². The fourth-order valence-electron chi connectivity index (χ4n) is 4.67. The Morgan fingerprint density at radius 3 is 2.54 bits per heavy atom. The van der Waals surface area contributed by atoms with Gasteiger partial charge in [-0.15, -0.1) is 0 Å². The Hall–Kier alpha value is -3.47. The van der Waals surface area contributed by atoms with Crippen molar-refractivity contribution >= 4 is 50.2 Å². The second-order valence-electron chi connectivity index (χ2n) is 11.0. The molecule has 2 atom stereocenters. The number of para-hydroxylation sites is 1.